The smallest absolute Gasteiger partial charge is 0.368 e. The fraction of sp³-hybridized carbons (Fsp3) is 0. The zero-order chi connectivity index (χ0) is 15.1. The number of aromatic hydroxyl groups is 4. The van der Waals surface area contributed by atoms with E-state index in [1.807, 2.05) is 0 Å². The van der Waals surface area contributed by atoms with Crippen LogP contribution in [-0.2, 0) is 0 Å². The van der Waals surface area contributed by atoms with Crippen LogP contribution in [0.1, 0.15) is 0 Å². The van der Waals surface area contributed by atoms with E-state index in [1.54, 1.807) is 0 Å². The van der Waals surface area contributed by atoms with E-state index in [1.165, 1.54) is 30.3 Å². The van der Waals surface area contributed by atoms with E-state index >= 15 is 0 Å². The molecule has 1 aromatic heterocycles. The molecule has 0 spiro atoms. The van der Waals surface area contributed by atoms with Crippen LogP contribution >= 0.6 is 0 Å². The van der Waals surface area contributed by atoms with Crippen molar-refractivity contribution in [1.29, 1.82) is 0 Å². The van der Waals surface area contributed by atoms with E-state index in [4.69, 9.17) is 4.42 Å². The van der Waals surface area contributed by atoms with E-state index in [2.05, 4.69) is 0 Å². The number of phenols is 4. The molecule has 6 nitrogen and oxygen atoms in total. The molecule has 106 valence electrons. The lowest BCUT2D eigenvalue weighted by molar-refractivity contribution is -0.268. The van der Waals surface area contributed by atoms with Crippen LogP contribution in [0.5, 0.6) is 28.7 Å². The minimum atomic E-state index is -0.506. The Morgan fingerprint density at radius 1 is 0.810 bits per heavy atom. The second-order valence-corrected chi connectivity index (χ2v) is 4.52. The molecular formula is C15H10O6. The summed E-state index contributed by atoms with van der Waals surface area (Å²) in [6.45, 7) is 0. The van der Waals surface area contributed by atoms with E-state index in [0.29, 0.717) is 0 Å². The number of hydrogen-bond donors (Lipinski definition) is 4. The van der Waals surface area contributed by atoms with Gasteiger partial charge in [0.05, 0.1) is 11.6 Å². The summed E-state index contributed by atoms with van der Waals surface area (Å²) in [6, 6.07) is 7.35. The van der Waals surface area contributed by atoms with Crippen molar-refractivity contribution in [2.75, 3.05) is 0 Å². The molecule has 0 aliphatic carbocycles. The molecule has 0 aliphatic heterocycles. The van der Waals surface area contributed by atoms with Crippen molar-refractivity contribution in [2.24, 2.45) is 0 Å². The summed E-state index contributed by atoms with van der Waals surface area (Å²) in [5.74, 6) is -1.77. The van der Waals surface area contributed by atoms with Crippen molar-refractivity contribution in [2.45, 2.75) is 0 Å². The van der Waals surface area contributed by atoms with Crippen molar-refractivity contribution in [3.05, 3.63) is 36.4 Å². The molecule has 6 heteroatoms. The Labute approximate surface area is 118 Å². The molecule has 3 rings (SSSR count). The lowest BCUT2D eigenvalue weighted by Gasteiger charge is -2.06. The Kier molecular flexibility index (Phi) is 2.72. The van der Waals surface area contributed by atoms with Crippen LogP contribution in [0.15, 0.2) is 40.8 Å². The Morgan fingerprint density at radius 2 is 1.57 bits per heavy atom. The first-order valence-corrected chi connectivity index (χ1v) is 5.98. The summed E-state index contributed by atoms with van der Waals surface area (Å²) in [6.07, 6.45) is 0. The van der Waals surface area contributed by atoms with Crippen molar-refractivity contribution >= 4 is 11.0 Å². The quantitative estimate of drug-likeness (QED) is 0.403. The third kappa shape index (κ3) is 2.12. The first kappa shape index (κ1) is 12.9. The maximum absolute atomic E-state index is 12.1. The summed E-state index contributed by atoms with van der Waals surface area (Å²) in [7, 11) is 0. The highest BCUT2D eigenvalue weighted by Crippen LogP contribution is 2.39. The number of fused-ring (bicyclic) bond motifs is 1. The minimum absolute atomic E-state index is 0.0807. The number of phenolic OH excluding ortho intramolecular Hbond substituents is 4. The highest BCUT2D eigenvalue weighted by atomic mass is 16.4. The van der Waals surface area contributed by atoms with Gasteiger partial charge in [0.15, 0.2) is 11.5 Å². The zero-order valence-corrected chi connectivity index (χ0v) is 10.6. The first-order chi connectivity index (χ1) is 9.95. The van der Waals surface area contributed by atoms with Gasteiger partial charge in [-0.15, -0.1) is 0 Å². The fourth-order valence-electron chi connectivity index (χ4n) is 2.05. The largest absolute Gasteiger partial charge is 0.866 e. The van der Waals surface area contributed by atoms with Gasteiger partial charge in [0.25, 0.3) is 0 Å². The predicted molar refractivity (Wildman–Crippen MR) is 72.2 cm³/mol. The van der Waals surface area contributed by atoms with Gasteiger partial charge in [0.1, 0.15) is 16.9 Å². The van der Waals surface area contributed by atoms with Crippen molar-refractivity contribution in [1.82, 2.24) is 0 Å². The van der Waals surface area contributed by atoms with E-state index in [0.717, 1.165) is 6.07 Å². The standard InChI is InChI=1S/C15H10O6/c16-8-4-11(18)9-6-13(20)15(21-14(9)5-8)7-1-2-10(17)12(19)3-7/h1-6H,(H4-,16,17,18,19,20). The SMILES string of the molecule is [O-]c1cc2c(O)cc(O)cc2[o+]c1-c1ccc(O)c(O)c1. The van der Waals surface area contributed by atoms with Crippen LogP contribution in [0.3, 0.4) is 0 Å². The molecule has 2 aromatic carbocycles. The van der Waals surface area contributed by atoms with Crippen LogP contribution in [0.4, 0.5) is 0 Å². The second kappa shape index (κ2) is 4.45. The molecule has 3 aromatic rings. The molecule has 0 saturated heterocycles. The molecule has 0 aliphatic rings. The third-order valence-electron chi connectivity index (χ3n) is 3.05. The average Bonchev–Trinajstić information content (AvgIpc) is 2.42. The third-order valence-corrected chi connectivity index (χ3v) is 3.05. The Balaban J connectivity index is 2.27. The lowest BCUT2D eigenvalue weighted by Crippen LogP contribution is -1.94. The number of hydrogen-bond acceptors (Lipinski definition) is 5. The summed E-state index contributed by atoms with van der Waals surface area (Å²) in [5.41, 5.74) is 0.384. The molecule has 1 heterocycles. The molecule has 0 atom stereocenters. The van der Waals surface area contributed by atoms with Gasteiger partial charge in [0.2, 0.25) is 0 Å². The van der Waals surface area contributed by atoms with Gasteiger partial charge >= 0.3 is 11.3 Å². The molecule has 0 unspecified atom stereocenters. The Hall–Kier alpha value is -3.15. The topological polar surface area (TPSA) is 115 Å². The fourth-order valence-corrected chi connectivity index (χ4v) is 2.05. The summed E-state index contributed by atoms with van der Waals surface area (Å²) >= 11 is 0. The summed E-state index contributed by atoms with van der Waals surface area (Å²) < 4.78 is 5.41. The molecular weight excluding hydrogens is 276 g/mol. The Morgan fingerprint density at radius 3 is 2.29 bits per heavy atom. The molecule has 0 bridgehead atoms. The van der Waals surface area contributed by atoms with Crippen molar-refractivity contribution < 1.29 is 29.9 Å². The van der Waals surface area contributed by atoms with E-state index in [-0.39, 0.29) is 45.3 Å². The van der Waals surface area contributed by atoms with Gasteiger partial charge < -0.3 is 25.5 Å². The monoisotopic (exact) mass is 286 g/mol. The Bertz CT molecular complexity index is 856. The average molecular weight is 286 g/mol. The van der Waals surface area contributed by atoms with Gasteiger partial charge in [-0.1, -0.05) is 0 Å². The minimum Gasteiger partial charge on any atom is -0.866 e. The maximum atomic E-state index is 12.1. The van der Waals surface area contributed by atoms with Crippen LogP contribution in [0.25, 0.3) is 22.3 Å². The normalized spacial score (nSPS) is 10.9. The van der Waals surface area contributed by atoms with Crippen molar-refractivity contribution in [3.8, 4) is 40.1 Å². The van der Waals surface area contributed by atoms with E-state index < -0.39 is 5.75 Å². The van der Waals surface area contributed by atoms with Gasteiger partial charge in [-0.2, -0.15) is 0 Å². The van der Waals surface area contributed by atoms with Gasteiger partial charge in [0, 0.05) is 17.9 Å². The van der Waals surface area contributed by atoms with Crippen LogP contribution < -0.4 is 5.11 Å². The van der Waals surface area contributed by atoms with Crippen LogP contribution in [0, 0.1) is 0 Å². The van der Waals surface area contributed by atoms with Gasteiger partial charge in [-0.05, 0) is 18.2 Å². The van der Waals surface area contributed by atoms with E-state index in [9.17, 15) is 25.5 Å². The molecule has 4 N–H and O–H groups in total. The highest BCUT2D eigenvalue weighted by Gasteiger charge is 2.20. The number of benzene rings is 2. The molecule has 0 saturated carbocycles. The predicted octanol–water partition coefficient (Wildman–Crippen LogP) is 2.28. The van der Waals surface area contributed by atoms with Crippen molar-refractivity contribution in [3.63, 3.8) is 0 Å². The summed E-state index contributed by atoms with van der Waals surface area (Å²) in [5, 5.41) is 50.1. The summed E-state index contributed by atoms with van der Waals surface area (Å²) in [4.78, 5) is 0. The van der Waals surface area contributed by atoms with Gasteiger partial charge in [-0.25, -0.2) is 4.42 Å². The molecule has 0 amide bonds. The number of rotatable bonds is 1. The van der Waals surface area contributed by atoms with Crippen LogP contribution in [-0.4, -0.2) is 20.4 Å². The van der Waals surface area contributed by atoms with Gasteiger partial charge in [-0.3, -0.25) is 0 Å². The molecule has 0 radical (unpaired) electrons. The molecule has 0 fully saturated rings. The lowest BCUT2D eigenvalue weighted by atomic mass is 10.1. The van der Waals surface area contributed by atoms with Crippen LogP contribution in [0.2, 0.25) is 0 Å². The zero-order valence-electron chi connectivity index (χ0n) is 10.6. The highest BCUT2D eigenvalue weighted by molar-refractivity contribution is 5.88. The molecule has 21 heavy (non-hydrogen) atoms. The first-order valence-electron chi connectivity index (χ1n) is 5.98. The maximum Gasteiger partial charge on any atom is 0.368 e. The second-order valence-electron chi connectivity index (χ2n) is 4.52.